The average molecular weight is 507 g/mol. The molecule has 1 aliphatic rings. The number of nitrogens with one attached hydrogen (secondary N) is 1. The van der Waals surface area contributed by atoms with Crippen molar-refractivity contribution < 1.29 is 19.0 Å². The Morgan fingerprint density at radius 3 is 2.47 bits per heavy atom. The molecule has 9 heteroatoms. The van der Waals surface area contributed by atoms with Crippen LogP contribution in [0.2, 0.25) is 0 Å². The third-order valence-electron chi connectivity index (χ3n) is 6.49. The molecule has 0 aliphatic carbocycles. The normalized spacial score (nSPS) is 14.2. The number of carbonyl (C=O) groups is 1. The molecule has 2 aromatic heterocycles. The van der Waals surface area contributed by atoms with E-state index in [9.17, 15) is 4.79 Å². The average Bonchev–Trinajstić information content (AvgIpc) is 3.49. The van der Waals surface area contributed by atoms with E-state index in [1.165, 1.54) is 0 Å². The summed E-state index contributed by atoms with van der Waals surface area (Å²) >= 11 is 1.62. The number of hydrogen-bond donors (Lipinski definition) is 1. The van der Waals surface area contributed by atoms with Crippen molar-refractivity contribution in [1.29, 1.82) is 0 Å². The van der Waals surface area contributed by atoms with E-state index in [-0.39, 0.29) is 12.2 Å². The molecule has 188 valence electrons. The number of nitrogens with zero attached hydrogens (tertiary/aromatic N) is 3. The zero-order valence-corrected chi connectivity index (χ0v) is 21.6. The van der Waals surface area contributed by atoms with Crippen molar-refractivity contribution in [1.82, 2.24) is 19.6 Å². The molecule has 1 aliphatic heterocycles. The summed E-state index contributed by atoms with van der Waals surface area (Å²) in [4.78, 5) is 21.6. The molecule has 0 spiro atoms. The summed E-state index contributed by atoms with van der Waals surface area (Å²) in [6.07, 6.45) is 2.37. The van der Waals surface area contributed by atoms with Gasteiger partial charge in [0.1, 0.15) is 0 Å². The Hall–Kier alpha value is -3.40. The van der Waals surface area contributed by atoms with E-state index in [1.54, 1.807) is 44.8 Å². The monoisotopic (exact) mass is 506 g/mol. The Kier molecular flexibility index (Phi) is 7.22. The van der Waals surface area contributed by atoms with Crippen LogP contribution in [0.25, 0.3) is 16.2 Å². The molecular formula is C27H30N4O4S. The van der Waals surface area contributed by atoms with Gasteiger partial charge in [-0.1, -0.05) is 24.3 Å². The maximum atomic E-state index is 13.4. The molecule has 36 heavy (non-hydrogen) atoms. The van der Waals surface area contributed by atoms with Crippen LogP contribution in [0.15, 0.2) is 48.0 Å². The molecule has 8 nitrogen and oxygen atoms in total. The number of piperazine rings is 1. The highest BCUT2D eigenvalue weighted by Gasteiger charge is 2.20. The van der Waals surface area contributed by atoms with Gasteiger partial charge in [-0.2, -0.15) is 0 Å². The van der Waals surface area contributed by atoms with Crippen LogP contribution in [0.4, 0.5) is 0 Å². The summed E-state index contributed by atoms with van der Waals surface area (Å²) < 4.78 is 18.4. The van der Waals surface area contributed by atoms with Crippen LogP contribution in [0.5, 0.6) is 17.2 Å². The first kappa shape index (κ1) is 24.3. The van der Waals surface area contributed by atoms with Gasteiger partial charge < -0.3 is 19.5 Å². The van der Waals surface area contributed by atoms with E-state index in [4.69, 9.17) is 19.2 Å². The fourth-order valence-corrected chi connectivity index (χ4v) is 5.53. The number of Topliss-reactive ketones (excluding diaryl/α,β-unsaturated/α-hetero) is 1. The van der Waals surface area contributed by atoms with Crippen LogP contribution >= 0.6 is 11.3 Å². The van der Waals surface area contributed by atoms with Gasteiger partial charge in [-0.05, 0) is 17.7 Å². The number of fused-ring (bicyclic) bond motifs is 1. The largest absolute Gasteiger partial charge is 0.493 e. The molecule has 0 unspecified atom stereocenters. The van der Waals surface area contributed by atoms with Crippen molar-refractivity contribution >= 4 is 22.1 Å². The number of hydrogen-bond acceptors (Lipinski definition) is 8. The second kappa shape index (κ2) is 10.7. The van der Waals surface area contributed by atoms with Gasteiger partial charge in [-0.3, -0.25) is 14.1 Å². The van der Waals surface area contributed by atoms with Crippen LogP contribution < -0.4 is 19.5 Å². The van der Waals surface area contributed by atoms with Crippen molar-refractivity contribution in [3.63, 3.8) is 0 Å². The Labute approximate surface area is 214 Å². The van der Waals surface area contributed by atoms with E-state index in [1.807, 2.05) is 18.2 Å². The number of methoxy groups -OCH3 is 3. The summed E-state index contributed by atoms with van der Waals surface area (Å²) in [5.74, 6) is 1.36. The summed E-state index contributed by atoms with van der Waals surface area (Å²) in [6.45, 7) is 4.94. The number of ketones is 1. The molecular weight excluding hydrogens is 476 g/mol. The third-order valence-corrected chi connectivity index (χ3v) is 7.33. The minimum Gasteiger partial charge on any atom is -0.493 e. The molecule has 2 aromatic carbocycles. The number of thiazole rings is 1. The first-order chi connectivity index (χ1) is 17.6. The molecule has 0 atom stereocenters. The smallest absolute Gasteiger partial charge is 0.203 e. The molecule has 1 saturated heterocycles. The maximum Gasteiger partial charge on any atom is 0.203 e. The quantitative estimate of drug-likeness (QED) is 0.345. The Morgan fingerprint density at radius 1 is 1.06 bits per heavy atom. The number of carbonyl (C=O) groups excluding carboxylic acids is 1. The predicted octanol–water partition coefficient (Wildman–Crippen LogP) is 3.92. The van der Waals surface area contributed by atoms with Crippen molar-refractivity contribution in [3.8, 4) is 28.5 Å². The first-order valence-electron chi connectivity index (χ1n) is 11.9. The summed E-state index contributed by atoms with van der Waals surface area (Å²) in [6, 6.07) is 11.4. The second-order valence-electron chi connectivity index (χ2n) is 8.70. The second-order valence-corrected chi connectivity index (χ2v) is 9.54. The summed E-state index contributed by atoms with van der Waals surface area (Å²) in [7, 11) is 4.64. The van der Waals surface area contributed by atoms with Gasteiger partial charge in [0.15, 0.2) is 22.2 Å². The Bertz CT molecular complexity index is 1350. The third kappa shape index (κ3) is 4.82. The molecule has 4 aromatic rings. The highest BCUT2D eigenvalue weighted by atomic mass is 32.1. The van der Waals surface area contributed by atoms with Crippen LogP contribution in [0.3, 0.4) is 0 Å². The lowest BCUT2D eigenvalue weighted by atomic mass is 9.97. The van der Waals surface area contributed by atoms with E-state index in [0.29, 0.717) is 22.8 Å². The Morgan fingerprint density at radius 2 is 1.78 bits per heavy atom. The lowest BCUT2D eigenvalue weighted by Gasteiger charge is -2.26. The van der Waals surface area contributed by atoms with E-state index in [2.05, 4.69) is 32.3 Å². The number of aromatic nitrogens is 2. The van der Waals surface area contributed by atoms with Gasteiger partial charge >= 0.3 is 0 Å². The maximum absolute atomic E-state index is 13.4. The minimum atomic E-state index is -0.0294. The van der Waals surface area contributed by atoms with E-state index >= 15 is 0 Å². The molecule has 0 amide bonds. The predicted molar refractivity (Wildman–Crippen MR) is 141 cm³/mol. The molecule has 3 heterocycles. The lowest BCUT2D eigenvalue weighted by molar-refractivity contribution is 0.0992. The minimum absolute atomic E-state index is 0.0294. The van der Waals surface area contributed by atoms with Crippen LogP contribution in [-0.4, -0.2) is 67.6 Å². The van der Waals surface area contributed by atoms with Gasteiger partial charge in [0, 0.05) is 61.8 Å². The van der Waals surface area contributed by atoms with Crippen LogP contribution in [-0.2, 0) is 13.0 Å². The van der Waals surface area contributed by atoms with Gasteiger partial charge in [0.05, 0.1) is 32.7 Å². The molecule has 0 bridgehead atoms. The molecule has 1 N–H and O–H groups in total. The topological polar surface area (TPSA) is 77.3 Å². The van der Waals surface area contributed by atoms with Gasteiger partial charge in [0.2, 0.25) is 5.75 Å². The van der Waals surface area contributed by atoms with Crippen molar-refractivity contribution in [3.05, 3.63) is 64.8 Å². The van der Waals surface area contributed by atoms with E-state index < -0.39 is 0 Å². The molecule has 0 saturated carbocycles. The fourth-order valence-electron chi connectivity index (χ4n) is 4.64. The first-order valence-corrected chi connectivity index (χ1v) is 12.8. The van der Waals surface area contributed by atoms with E-state index in [0.717, 1.165) is 60.2 Å². The van der Waals surface area contributed by atoms with Gasteiger partial charge in [0.25, 0.3) is 0 Å². The van der Waals surface area contributed by atoms with Crippen LogP contribution in [0, 0.1) is 0 Å². The summed E-state index contributed by atoms with van der Waals surface area (Å²) in [5, 5.41) is 5.50. The molecule has 0 radical (unpaired) electrons. The lowest BCUT2D eigenvalue weighted by Crippen LogP contribution is -2.42. The van der Waals surface area contributed by atoms with Crippen molar-refractivity contribution in [2.75, 3.05) is 47.5 Å². The highest BCUT2D eigenvalue weighted by Crippen LogP contribution is 2.39. The number of ether oxygens (including phenoxy) is 3. The number of benzene rings is 2. The zero-order chi connectivity index (χ0) is 25.1. The summed E-state index contributed by atoms with van der Waals surface area (Å²) in [5.41, 5.74) is 4.60. The standard InChI is InChI=1S/C27H30N4O4S/c1-33-24-13-19(14-25(34-2)26(24)35-3)23(32)12-18-6-4-5-7-21(18)22-17-36-27-29-20(16-31(22)27)15-30-10-8-28-9-11-30/h4-7,13-14,16-17,28H,8-12,15H2,1-3H3. The van der Waals surface area contributed by atoms with Crippen molar-refractivity contribution in [2.24, 2.45) is 0 Å². The number of rotatable bonds is 9. The van der Waals surface area contributed by atoms with Crippen LogP contribution in [0.1, 0.15) is 21.6 Å². The fraction of sp³-hybridized carbons (Fsp3) is 0.333. The van der Waals surface area contributed by atoms with Gasteiger partial charge in [-0.15, -0.1) is 11.3 Å². The molecule has 5 rings (SSSR count). The van der Waals surface area contributed by atoms with Crippen molar-refractivity contribution in [2.45, 2.75) is 13.0 Å². The highest BCUT2D eigenvalue weighted by molar-refractivity contribution is 7.15. The Balaban J connectivity index is 1.43. The zero-order valence-electron chi connectivity index (χ0n) is 20.7. The SMILES string of the molecule is COc1cc(C(=O)Cc2ccccc2-c2csc3nc(CN4CCNCC4)cn23)cc(OC)c1OC. The van der Waals surface area contributed by atoms with Gasteiger partial charge in [-0.25, -0.2) is 4.98 Å². The molecule has 1 fully saturated rings. The number of imidazole rings is 1.